The van der Waals surface area contributed by atoms with Gasteiger partial charge in [-0.1, -0.05) is 5.11 Å². The molecule has 1 amide bonds. The second kappa shape index (κ2) is 7.20. The fourth-order valence-electron chi connectivity index (χ4n) is 1.17. The molecule has 8 nitrogen and oxygen atoms in total. The Labute approximate surface area is 113 Å². The van der Waals surface area contributed by atoms with Crippen molar-refractivity contribution in [3.63, 3.8) is 0 Å². The van der Waals surface area contributed by atoms with Crippen LogP contribution in [0.4, 0.5) is 4.79 Å². The molecule has 0 saturated heterocycles. The summed E-state index contributed by atoms with van der Waals surface area (Å²) in [5, 5.41) is 5.83. The average molecular weight is 292 g/mol. The monoisotopic (exact) mass is 292 g/mol. The highest BCUT2D eigenvalue weighted by Crippen LogP contribution is 2.07. The van der Waals surface area contributed by atoms with Crippen LogP contribution in [0.25, 0.3) is 10.4 Å². The van der Waals surface area contributed by atoms with E-state index in [0.717, 1.165) is 6.26 Å². The molecule has 0 rings (SSSR count). The summed E-state index contributed by atoms with van der Waals surface area (Å²) >= 11 is 0. The highest BCUT2D eigenvalue weighted by Gasteiger charge is 2.20. The summed E-state index contributed by atoms with van der Waals surface area (Å²) in [6, 6.07) is -0.569. The van der Waals surface area contributed by atoms with Gasteiger partial charge in [-0.05, 0) is 32.7 Å². The Morgan fingerprint density at radius 1 is 1.47 bits per heavy atom. The van der Waals surface area contributed by atoms with Gasteiger partial charge < -0.3 is 10.1 Å². The summed E-state index contributed by atoms with van der Waals surface area (Å²) in [7, 11) is -3.14. The highest BCUT2D eigenvalue weighted by atomic mass is 32.2. The van der Waals surface area contributed by atoms with Crippen LogP contribution in [0.1, 0.15) is 27.2 Å². The number of rotatable bonds is 6. The number of nitrogens with one attached hydrogen (secondary N) is 1. The molecular weight excluding hydrogens is 272 g/mol. The molecule has 0 bridgehead atoms. The van der Waals surface area contributed by atoms with Gasteiger partial charge in [0.05, 0.1) is 5.75 Å². The molecule has 0 unspecified atom stereocenters. The first-order chi connectivity index (χ1) is 8.53. The summed E-state index contributed by atoms with van der Waals surface area (Å²) in [6.45, 7) is 5.12. The fourth-order valence-corrected chi connectivity index (χ4v) is 1.89. The van der Waals surface area contributed by atoms with E-state index in [1.807, 2.05) is 0 Å². The van der Waals surface area contributed by atoms with Gasteiger partial charge in [0.2, 0.25) is 0 Å². The van der Waals surface area contributed by atoms with Crippen LogP contribution in [0, 0.1) is 0 Å². The normalized spacial score (nSPS) is 13.3. The van der Waals surface area contributed by atoms with Crippen molar-refractivity contribution in [2.75, 3.05) is 18.6 Å². The largest absolute Gasteiger partial charge is 0.444 e. The zero-order chi connectivity index (χ0) is 15.1. The molecule has 0 fully saturated rings. The second-order valence-electron chi connectivity index (χ2n) is 5.18. The predicted molar refractivity (Wildman–Crippen MR) is 71.5 cm³/mol. The van der Waals surface area contributed by atoms with Gasteiger partial charge in [-0.25, -0.2) is 13.2 Å². The Balaban J connectivity index is 4.50. The van der Waals surface area contributed by atoms with E-state index in [4.69, 9.17) is 10.3 Å². The highest BCUT2D eigenvalue weighted by molar-refractivity contribution is 7.90. The maximum Gasteiger partial charge on any atom is 0.407 e. The van der Waals surface area contributed by atoms with Crippen LogP contribution in [-0.4, -0.2) is 44.7 Å². The van der Waals surface area contributed by atoms with E-state index in [9.17, 15) is 13.2 Å². The quantitative estimate of drug-likeness (QED) is 0.454. The van der Waals surface area contributed by atoms with Crippen molar-refractivity contribution in [1.82, 2.24) is 5.32 Å². The number of carbonyl (C=O) groups is 1. The third-order valence-corrected chi connectivity index (χ3v) is 2.90. The van der Waals surface area contributed by atoms with Crippen molar-refractivity contribution in [2.24, 2.45) is 5.11 Å². The molecule has 0 radical (unpaired) electrons. The molecule has 0 aliphatic carbocycles. The van der Waals surface area contributed by atoms with E-state index < -0.39 is 27.6 Å². The molecule has 0 spiro atoms. The van der Waals surface area contributed by atoms with E-state index >= 15 is 0 Å². The third kappa shape index (κ3) is 11.4. The maximum atomic E-state index is 11.5. The van der Waals surface area contributed by atoms with Gasteiger partial charge in [-0.15, -0.1) is 0 Å². The lowest BCUT2D eigenvalue weighted by Gasteiger charge is -2.22. The Morgan fingerprint density at radius 3 is 2.47 bits per heavy atom. The van der Waals surface area contributed by atoms with Crippen molar-refractivity contribution in [2.45, 2.75) is 38.8 Å². The first-order valence-corrected chi connectivity index (χ1v) is 7.77. The summed E-state index contributed by atoms with van der Waals surface area (Å²) in [5.74, 6) is -0.103. The van der Waals surface area contributed by atoms with E-state index in [0.29, 0.717) is 0 Å². The molecule has 0 heterocycles. The molecule has 0 aromatic heterocycles. The molecule has 1 N–H and O–H groups in total. The lowest BCUT2D eigenvalue weighted by molar-refractivity contribution is 0.0505. The smallest absolute Gasteiger partial charge is 0.407 e. The van der Waals surface area contributed by atoms with E-state index in [2.05, 4.69) is 15.3 Å². The Kier molecular flexibility index (Phi) is 6.64. The molecule has 19 heavy (non-hydrogen) atoms. The molecule has 1 atom stereocenters. The lowest BCUT2D eigenvalue weighted by atomic mass is 10.2. The third-order valence-electron chi connectivity index (χ3n) is 1.92. The van der Waals surface area contributed by atoms with Gasteiger partial charge >= 0.3 is 6.09 Å². The SMILES string of the molecule is CC(C)(C)OC(=O)N[C@H](CCS(C)(=O)=O)CN=[N+]=[N-]. The standard InChI is InChI=1S/C10H20N4O4S/c1-10(2,3)18-9(15)13-8(7-12-14-11)5-6-19(4,16)17/h8H,5-7H2,1-4H3,(H,13,15)/t8-/m1/s1. The van der Waals surface area contributed by atoms with Crippen molar-refractivity contribution in [1.29, 1.82) is 0 Å². The Morgan fingerprint density at radius 2 is 2.05 bits per heavy atom. The van der Waals surface area contributed by atoms with Gasteiger partial charge in [0.15, 0.2) is 0 Å². The first kappa shape index (κ1) is 17.5. The number of alkyl carbamates (subject to hydrolysis) is 1. The van der Waals surface area contributed by atoms with Gasteiger partial charge in [0.25, 0.3) is 0 Å². The van der Waals surface area contributed by atoms with Crippen molar-refractivity contribution >= 4 is 15.9 Å². The number of carbonyl (C=O) groups excluding carboxylic acids is 1. The molecule has 0 aliphatic rings. The zero-order valence-corrected chi connectivity index (χ0v) is 12.4. The molecule has 9 heteroatoms. The van der Waals surface area contributed by atoms with Crippen LogP contribution >= 0.6 is 0 Å². The van der Waals surface area contributed by atoms with Crippen molar-refractivity contribution in [3.8, 4) is 0 Å². The van der Waals surface area contributed by atoms with Crippen molar-refractivity contribution < 1.29 is 17.9 Å². The molecule has 0 aliphatic heterocycles. The fraction of sp³-hybridized carbons (Fsp3) is 0.900. The Hall–Kier alpha value is -1.47. The average Bonchev–Trinajstić information content (AvgIpc) is 2.18. The van der Waals surface area contributed by atoms with Gasteiger partial charge in [0, 0.05) is 23.8 Å². The second-order valence-corrected chi connectivity index (χ2v) is 7.43. The van der Waals surface area contributed by atoms with Crippen LogP contribution in [0.15, 0.2) is 5.11 Å². The molecule has 0 aromatic carbocycles. The van der Waals surface area contributed by atoms with Crippen LogP contribution in [-0.2, 0) is 14.6 Å². The number of azide groups is 1. The molecule has 0 saturated carbocycles. The van der Waals surface area contributed by atoms with Crippen molar-refractivity contribution in [3.05, 3.63) is 10.4 Å². The molecule has 110 valence electrons. The topological polar surface area (TPSA) is 121 Å². The molecule has 0 aromatic rings. The van der Waals surface area contributed by atoms with Crippen LogP contribution < -0.4 is 5.32 Å². The maximum absolute atomic E-state index is 11.5. The van der Waals surface area contributed by atoms with Gasteiger partial charge in [-0.2, -0.15) is 0 Å². The van der Waals surface area contributed by atoms with E-state index in [1.54, 1.807) is 20.8 Å². The zero-order valence-electron chi connectivity index (χ0n) is 11.6. The summed E-state index contributed by atoms with van der Waals surface area (Å²) in [5.41, 5.74) is 7.61. The predicted octanol–water partition coefficient (Wildman–Crippen LogP) is 1.62. The first-order valence-electron chi connectivity index (χ1n) is 5.71. The minimum Gasteiger partial charge on any atom is -0.444 e. The van der Waals surface area contributed by atoms with Gasteiger partial charge in [0.1, 0.15) is 15.4 Å². The van der Waals surface area contributed by atoms with Crippen LogP contribution in [0.3, 0.4) is 0 Å². The summed E-state index contributed by atoms with van der Waals surface area (Å²) in [6.07, 6.45) is 0.599. The number of hydrogen-bond acceptors (Lipinski definition) is 5. The minimum atomic E-state index is -3.14. The van der Waals surface area contributed by atoms with Crippen LogP contribution in [0.5, 0.6) is 0 Å². The lowest BCUT2D eigenvalue weighted by Crippen LogP contribution is -2.41. The number of sulfone groups is 1. The number of ether oxygens (including phenoxy) is 1. The van der Waals surface area contributed by atoms with E-state index in [-0.39, 0.29) is 18.7 Å². The van der Waals surface area contributed by atoms with Gasteiger partial charge in [-0.3, -0.25) is 0 Å². The number of nitrogens with zero attached hydrogens (tertiary/aromatic N) is 3. The Bertz CT molecular complexity index is 449. The van der Waals surface area contributed by atoms with E-state index in [1.165, 1.54) is 0 Å². The minimum absolute atomic E-state index is 0.0226. The molecular formula is C10H20N4O4S. The number of amides is 1. The number of hydrogen-bond donors (Lipinski definition) is 1. The summed E-state index contributed by atoms with van der Waals surface area (Å²) in [4.78, 5) is 14.1. The van der Waals surface area contributed by atoms with Crippen LogP contribution in [0.2, 0.25) is 0 Å². The summed E-state index contributed by atoms with van der Waals surface area (Å²) < 4.78 is 27.2.